The lowest BCUT2D eigenvalue weighted by atomic mass is 10.1. The van der Waals surface area contributed by atoms with E-state index in [9.17, 15) is 9.90 Å². The van der Waals surface area contributed by atoms with Crippen molar-refractivity contribution in [3.63, 3.8) is 0 Å². The first-order chi connectivity index (χ1) is 13.4. The van der Waals surface area contributed by atoms with E-state index in [0.29, 0.717) is 18.3 Å². The Labute approximate surface area is 171 Å². The van der Waals surface area contributed by atoms with Crippen LogP contribution in [0.2, 0.25) is 5.02 Å². The molecule has 2 N–H and O–H groups in total. The standard InChI is InChI=1S/C22H27ClN2O3/c1-15(17-3-5-18(23)6-4-17)25(20-9-10-20)13-21(27)14-28-22-11-7-19(8-12-22)24-16(2)26/h3-8,11-12,15,20-21,27H,9-10,13-14H2,1-2H3,(H,24,26). The molecule has 150 valence electrons. The maximum Gasteiger partial charge on any atom is 0.221 e. The van der Waals surface area contributed by atoms with Gasteiger partial charge in [-0.15, -0.1) is 0 Å². The van der Waals surface area contributed by atoms with E-state index < -0.39 is 6.10 Å². The highest BCUT2D eigenvalue weighted by Crippen LogP contribution is 2.34. The number of benzene rings is 2. The second-order valence-corrected chi connectivity index (χ2v) is 7.76. The van der Waals surface area contributed by atoms with E-state index in [4.69, 9.17) is 16.3 Å². The van der Waals surface area contributed by atoms with Crippen LogP contribution in [0, 0.1) is 0 Å². The fourth-order valence-corrected chi connectivity index (χ4v) is 3.41. The number of nitrogens with one attached hydrogen (secondary N) is 1. The zero-order valence-corrected chi connectivity index (χ0v) is 17.0. The molecule has 6 heteroatoms. The third kappa shape index (κ3) is 5.96. The molecule has 1 saturated carbocycles. The van der Waals surface area contributed by atoms with E-state index in [1.54, 1.807) is 24.3 Å². The molecule has 2 aromatic carbocycles. The van der Waals surface area contributed by atoms with Gasteiger partial charge >= 0.3 is 0 Å². The molecule has 0 spiro atoms. The Morgan fingerprint density at radius 3 is 2.43 bits per heavy atom. The smallest absolute Gasteiger partial charge is 0.221 e. The summed E-state index contributed by atoms with van der Waals surface area (Å²) in [6, 6.07) is 15.7. The monoisotopic (exact) mass is 402 g/mol. The number of carbonyl (C=O) groups is 1. The number of carbonyl (C=O) groups excluding carboxylic acids is 1. The number of amides is 1. The van der Waals surface area contributed by atoms with Gasteiger partial charge in [-0.1, -0.05) is 23.7 Å². The van der Waals surface area contributed by atoms with Crippen molar-refractivity contribution in [1.82, 2.24) is 4.90 Å². The molecule has 2 aromatic rings. The molecule has 28 heavy (non-hydrogen) atoms. The van der Waals surface area contributed by atoms with Crippen LogP contribution in [0.4, 0.5) is 5.69 Å². The Morgan fingerprint density at radius 2 is 1.86 bits per heavy atom. The fraction of sp³-hybridized carbons (Fsp3) is 0.409. The van der Waals surface area contributed by atoms with Gasteiger partial charge < -0.3 is 15.2 Å². The molecule has 1 fully saturated rings. The highest BCUT2D eigenvalue weighted by atomic mass is 35.5. The maximum atomic E-state index is 11.1. The van der Waals surface area contributed by atoms with E-state index in [0.717, 1.165) is 23.6 Å². The molecule has 1 aliphatic carbocycles. The van der Waals surface area contributed by atoms with Gasteiger partial charge in [0.25, 0.3) is 0 Å². The zero-order valence-electron chi connectivity index (χ0n) is 16.3. The van der Waals surface area contributed by atoms with Crippen molar-refractivity contribution in [1.29, 1.82) is 0 Å². The largest absolute Gasteiger partial charge is 0.491 e. The van der Waals surface area contributed by atoms with Crippen LogP contribution in [0.25, 0.3) is 0 Å². The van der Waals surface area contributed by atoms with E-state index >= 15 is 0 Å². The van der Waals surface area contributed by atoms with Crippen LogP contribution in [-0.4, -0.2) is 41.2 Å². The summed E-state index contributed by atoms with van der Waals surface area (Å²) in [5.74, 6) is 0.552. The molecule has 1 aliphatic rings. The molecule has 1 amide bonds. The van der Waals surface area contributed by atoms with E-state index in [1.807, 2.05) is 24.3 Å². The quantitative estimate of drug-likeness (QED) is 0.657. The number of nitrogens with zero attached hydrogens (tertiary/aromatic N) is 1. The first kappa shape index (κ1) is 20.6. The number of halogens is 1. The van der Waals surface area contributed by atoms with Gasteiger partial charge in [0.05, 0.1) is 0 Å². The highest BCUT2D eigenvalue weighted by Gasteiger charge is 2.34. The highest BCUT2D eigenvalue weighted by molar-refractivity contribution is 6.30. The van der Waals surface area contributed by atoms with Crippen molar-refractivity contribution < 1.29 is 14.6 Å². The predicted octanol–water partition coefficient (Wildman–Crippen LogP) is 4.26. The summed E-state index contributed by atoms with van der Waals surface area (Å²) in [6.07, 6.45) is 1.73. The topological polar surface area (TPSA) is 61.8 Å². The Balaban J connectivity index is 1.53. The molecule has 2 unspecified atom stereocenters. The van der Waals surface area contributed by atoms with Crippen LogP contribution < -0.4 is 10.1 Å². The summed E-state index contributed by atoms with van der Waals surface area (Å²) in [5, 5.41) is 14.0. The Kier molecular flexibility index (Phi) is 6.94. The van der Waals surface area contributed by atoms with Gasteiger partial charge in [-0.05, 0) is 61.7 Å². The molecular weight excluding hydrogens is 376 g/mol. The van der Waals surface area contributed by atoms with Crippen LogP contribution >= 0.6 is 11.6 Å². The molecule has 0 heterocycles. The Hall–Kier alpha value is -2.08. The minimum Gasteiger partial charge on any atom is -0.491 e. The summed E-state index contributed by atoms with van der Waals surface area (Å²) in [5.41, 5.74) is 1.91. The molecule has 0 aliphatic heterocycles. The van der Waals surface area contributed by atoms with Gasteiger partial charge in [0.2, 0.25) is 5.91 Å². The SMILES string of the molecule is CC(=O)Nc1ccc(OCC(O)CN(C2CC2)C(C)c2ccc(Cl)cc2)cc1. The van der Waals surface area contributed by atoms with Gasteiger partial charge in [-0.25, -0.2) is 0 Å². The summed E-state index contributed by atoms with van der Waals surface area (Å²) in [7, 11) is 0. The fourth-order valence-electron chi connectivity index (χ4n) is 3.29. The second-order valence-electron chi connectivity index (χ2n) is 7.33. The third-order valence-corrected chi connectivity index (χ3v) is 5.16. The predicted molar refractivity (Wildman–Crippen MR) is 112 cm³/mol. The van der Waals surface area contributed by atoms with E-state index in [2.05, 4.69) is 17.1 Å². The van der Waals surface area contributed by atoms with Crippen molar-refractivity contribution in [3.8, 4) is 5.75 Å². The van der Waals surface area contributed by atoms with Gasteiger partial charge in [-0.3, -0.25) is 9.69 Å². The van der Waals surface area contributed by atoms with Gasteiger partial charge in [0.1, 0.15) is 18.5 Å². The van der Waals surface area contributed by atoms with Gasteiger partial charge in [-0.2, -0.15) is 0 Å². The van der Waals surface area contributed by atoms with Crippen LogP contribution in [0.1, 0.15) is 38.3 Å². The van der Waals surface area contributed by atoms with Crippen LogP contribution in [0.3, 0.4) is 0 Å². The molecule has 0 radical (unpaired) electrons. The molecular formula is C22H27ClN2O3. The van der Waals surface area contributed by atoms with Gasteiger partial charge in [0.15, 0.2) is 0 Å². The first-order valence-corrected chi connectivity index (χ1v) is 10.00. The minimum absolute atomic E-state index is 0.112. The number of aliphatic hydroxyl groups is 1. The van der Waals surface area contributed by atoms with Crippen LogP contribution in [-0.2, 0) is 4.79 Å². The molecule has 0 bridgehead atoms. The average Bonchev–Trinajstić information content (AvgIpc) is 3.50. The van der Waals surface area contributed by atoms with Crippen LogP contribution in [0.15, 0.2) is 48.5 Å². The van der Waals surface area contributed by atoms with E-state index in [-0.39, 0.29) is 18.6 Å². The number of rotatable bonds is 9. The number of ether oxygens (including phenoxy) is 1. The van der Waals surface area contributed by atoms with Crippen molar-refractivity contribution in [2.45, 2.75) is 44.9 Å². The molecule has 0 aromatic heterocycles. The van der Waals surface area contributed by atoms with Crippen molar-refractivity contribution in [2.24, 2.45) is 0 Å². The lowest BCUT2D eigenvalue weighted by Crippen LogP contribution is -2.38. The van der Waals surface area contributed by atoms with Crippen molar-refractivity contribution in [3.05, 3.63) is 59.1 Å². The zero-order chi connectivity index (χ0) is 20.1. The summed E-state index contributed by atoms with van der Waals surface area (Å²) >= 11 is 6.00. The average molecular weight is 403 g/mol. The normalized spacial score (nSPS) is 15.9. The molecule has 5 nitrogen and oxygen atoms in total. The van der Waals surface area contributed by atoms with E-state index in [1.165, 1.54) is 12.5 Å². The molecule has 2 atom stereocenters. The number of aliphatic hydroxyl groups excluding tert-OH is 1. The van der Waals surface area contributed by atoms with Crippen molar-refractivity contribution >= 4 is 23.2 Å². The second kappa shape index (κ2) is 9.41. The van der Waals surface area contributed by atoms with Crippen molar-refractivity contribution in [2.75, 3.05) is 18.5 Å². The number of hydrogen-bond donors (Lipinski definition) is 2. The lowest BCUT2D eigenvalue weighted by Gasteiger charge is -2.31. The number of anilines is 1. The lowest BCUT2D eigenvalue weighted by molar-refractivity contribution is -0.114. The Bertz CT molecular complexity index is 775. The first-order valence-electron chi connectivity index (χ1n) is 9.62. The van der Waals surface area contributed by atoms with Gasteiger partial charge in [0, 0.05) is 36.3 Å². The maximum absolute atomic E-state index is 11.1. The third-order valence-electron chi connectivity index (χ3n) is 4.90. The summed E-state index contributed by atoms with van der Waals surface area (Å²) in [6.45, 7) is 4.40. The summed E-state index contributed by atoms with van der Waals surface area (Å²) < 4.78 is 5.72. The number of hydrogen-bond acceptors (Lipinski definition) is 4. The molecule has 0 saturated heterocycles. The Morgan fingerprint density at radius 1 is 1.21 bits per heavy atom. The summed E-state index contributed by atoms with van der Waals surface area (Å²) in [4.78, 5) is 13.4. The van der Waals surface area contributed by atoms with Crippen LogP contribution in [0.5, 0.6) is 5.75 Å². The molecule has 3 rings (SSSR count). The minimum atomic E-state index is -0.592.